The van der Waals surface area contributed by atoms with Crippen molar-refractivity contribution < 1.29 is 9.66 Å². The number of benzene rings is 1. The summed E-state index contributed by atoms with van der Waals surface area (Å²) in [5.74, 6) is 0. The highest BCUT2D eigenvalue weighted by molar-refractivity contribution is 5.64. The predicted octanol–water partition coefficient (Wildman–Crippen LogP) is 1.90. The third-order valence-corrected chi connectivity index (χ3v) is 4.34. The summed E-state index contributed by atoms with van der Waals surface area (Å²) in [4.78, 5) is 15.6. The van der Waals surface area contributed by atoms with Crippen LogP contribution in [0, 0.1) is 10.1 Å². The molecule has 0 aliphatic carbocycles. The smallest absolute Gasteiger partial charge is 0.292 e. The maximum Gasteiger partial charge on any atom is 0.292 e. The zero-order valence-electron chi connectivity index (χ0n) is 12.1. The van der Waals surface area contributed by atoms with Gasteiger partial charge in [-0.05, 0) is 18.9 Å². The van der Waals surface area contributed by atoms with E-state index >= 15 is 0 Å². The highest BCUT2D eigenvalue weighted by Crippen LogP contribution is 2.33. The van der Waals surface area contributed by atoms with E-state index in [-0.39, 0.29) is 10.6 Å². The lowest BCUT2D eigenvalue weighted by molar-refractivity contribution is -0.384. The number of hydrogen-bond donors (Lipinski definition) is 0. The van der Waals surface area contributed by atoms with Crippen molar-refractivity contribution in [2.75, 3.05) is 44.3 Å². The van der Waals surface area contributed by atoms with Crippen molar-refractivity contribution in [1.82, 2.24) is 4.90 Å². The van der Waals surface area contributed by atoms with E-state index in [1.165, 1.54) is 0 Å². The molecule has 0 radical (unpaired) electrons. The maximum absolute atomic E-state index is 11.2. The van der Waals surface area contributed by atoms with Gasteiger partial charge < -0.3 is 9.64 Å². The molecule has 1 aromatic carbocycles. The molecule has 0 aromatic heterocycles. The van der Waals surface area contributed by atoms with Crippen molar-refractivity contribution in [3.05, 3.63) is 34.4 Å². The van der Waals surface area contributed by atoms with Crippen LogP contribution < -0.4 is 4.90 Å². The first-order chi connectivity index (χ1) is 10.3. The first kappa shape index (κ1) is 14.3. The van der Waals surface area contributed by atoms with Gasteiger partial charge >= 0.3 is 0 Å². The molecule has 2 aliphatic rings. The third-order valence-electron chi connectivity index (χ3n) is 4.34. The van der Waals surface area contributed by atoms with Gasteiger partial charge in [0.15, 0.2) is 0 Å². The van der Waals surface area contributed by atoms with Crippen molar-refractivity contribution in [2.24, 2.45) is 0 Å². The Hall–Kier alpha value is -1.66. The summed E-state index contributed by atoms with van der Waals surface area (Å²) in [5, 5.41) is 11.2. The molecule has 2 heterocycles. The number of rotatable bonds is 4. The van der Waals surface area contributed by atoms with Gasteiger partial charge in [0.2, 0.25) is 0 Å². The van der Waals surface area contributed by atoms with E-state index in [0.717, 1.165) is 57.9 Å². The zero-order valence-corrected chi connectivity index (χ0v) is 12.1. The average molecular weight is 291 g/mol. The van der Waals surface area contributed by atoms with E-state index in [9.17, 15) is 10.1 Å². The molecule has 1 aromatic rings. The van der Waals surface area contributed by atoms with Gasteiger partial charge in [-0.3, -0.25) is 15.0 Å². The summed E-state index contributed by atoms with van der Waals surface area (Å²) in [5.41, 5.74) is 0.977. The van der Waals surface area contributed by atoms with Gasteiger partial charge in [0, 0.05) is 38.3 Å². The van der Waals surface area contributed by atoms with Crippen LogP contribution in [0.25, 0.3) is 0 Å². The zero-order chi connectivity index (χ0) is 14.7. The summed E-state index contributed by atoms with van der Waals surface area (Å²) < 4.78 is 5.38. The standard InChI is InChI=1S/C15H21N3O3/c19-18(20)15-6-2-1-5-14(15)17-7-3-4-13(17)12-16-8-10-21-11-9-16/h1-2,5-6,13H,3-4,7-12H2/t13-/m1/s1. The molecule has 0 saturated carbocycles. The molecule has 0 N–H and O–H groups in total. The lowest BCUT2D eigenvalue weighted by Crippen LogP contribution is -2.45. The molecule has 114 valence electrons. The molecular weight excluding hydrogens is 270 g/mol. The van der Waals surface area contributed by atoms with Crippen molar-refractivity contribution in [1.29, 1.82) is 0 Å². The van der Waals surface area contributed by atoms with Crippen LogP contribution in [0.4, 0.5) is 11.4 Å². The minimum Gasteiger partial charge on any atom is -0.379 e. The molecule has 2 fully saturated rings. The molecule has 0 unspecified atom stereocenters. The van der Waals surface area contributed by atoms with E-state index in [2.05, 4.69) is 9.80 Å². The van der Waals surface area contributed by atoms with Crippen LogP contribution in [0.3, 0.4) is 0 Å². The normalized spacial score (nSPS) is 23.4. The highest BCUT2D eigenvalue weighted by Gasteiger charge is 2.30. The number of ether oxygens (including phenoxy) is 1. The SMILES string of the molecule is O=[N+]([O-])c1ccccc1N1CCC[C@@H]1CN1CCOCC1. The lowest BCUT2D eigenvalue weighted by atomic mass is 10.1. The molecule has 3 rings (SSSR count). The van der Waals surface area contributed by atoms with E-state index < -0.39 is 0 Å². The molecule has 0 bridgehead atoms. The molecule has 6 heteroatoms. The number of nitro groups is 1. The fourth-order valence-corrected chi connectivity index (χ4v) is 3.29. The second-order valence-corrected chi connectivity index (χ2v) is 5.65. The molecule has 1 atom stereocenters. The third kappa shape index (κ3) is 3.16. The minimum atomic E-state index is -0.278. The Morgan fingerprint density at radius 1 is 1.24 bits per heavy atom. The van der Waals surface area contributed by atoms with Crippen LogP contribution in [-0.4, -0.2) is 55.3 Å². The number of anilines is 1. The van der Waals surface area contributed by atoms with E-state index in [0.29, 0.717) is 6.04 Å². The summed E-state index contributed by atoms with van der Waals surface area (Å²) in [7, 11) is 0. The largest absolute Gasteiger partial charge is 0.379 e. The van der Waals surface area contributed by atoms with Crippen LogP contribution in [0.15, 0.2) is 24.3 Å². The number of morpholine rings is 1. The van der Waals surface area contributed by atoms with Gasteiger partial charge in [-0.15, -0.1) is 0 Å². The molecule has 0 amide bonds. The molecule has 21 heavy (non-hydrogen) atoms. The Labute approximate surface area is 124 Å². The number of nitrogens with zero attached hydrogens (tertiary/aromatic N) is 3. The lowest BCUT2D eigenvalue weighted by Gasteiger charge is -2.33. The second-order valence-electron chi connectivity index (χ2n) is 5.65. The molecule has 2 aliphatic heterocycles. The summed E-state index contributed by atoms with van der Waals surface area (Å²) in [6, 6.07) is 7.44. The van der Waals surface area contributed by atoms with Gasteiger partial charge in [0.05, 0.1) is 18.1 Å². The van der Waals surface area contributed by atoms with Crippen molar-refractivity contribution in [3.8, 4) is 0 Å². The molecular formula is C15H21N3O3. The Bertz CT molecular complexity index is 503. The highest BCUT2D eigenvalue weighted by atomic mass is 16.6. The van der Waals surface area contributed by atoms with Crippen molar-refractivity contribution in [3.63, 3.8) is 0 Å². The van der Waals surface area contributed by atoms with E-state index in [1.807, 2.05) is 12.1 Å². The Morgan fingerprint density at radius 2 is 2.00 bits per heavy atom. The fraction of sp³-hybridized carbons (Fsp3) is 0.600. The Morgan fingerprint density at radius 3 is 2.76 bits per heavy atom. The maximum atomic E-state index is 11.2. The summed E-state index contributed by atoms with van der Waals surface area (Å²) in [6.07, 6.45) is 2.20. The Kier molecular flexibility index (Phi) is 4.36. The Balaban J connectivity index is 1.76. The van der Waals surface area contributed by atoms with Crippen LogP contribution in [-0.2, 0) is 4.74 Å². The van der Waals surface area contributed by atoms with Crippen molar-refractivity contribution >= 4 is 11.4 Å². The predicted molar refractivity (Wildman–Crippen MR) is 80.7 cm³/mol. The van der Waals surface area contributed by atoms with Gasteiger partial charge in [0.25, 0.3) is 5.69 Å². The number of hydrogen-bond acceptors (Lipinski definition) is 5. The van der Waals surface area contributed by atoms with Gasteiger partial charge in [-0.25, -0.2) is 0 Å². The summed E-state index contributed by atoms with van der Waals surface area (Å²) >= 11 is 0. The van der Waals surface area contributed by atoms with Gasteiger partial charge in [-0.2, -0.15) is 0 Å². The molecule has 0 spiro atoms. The quantitative estimate of drug-likeness (QED) is 0.626. The van der Waals surface area contributed by atoms with Gasteiger partial charge in [-0.1, -0.05) is 12.1 Å². The van der Waals surface area contributed by atoms with Crippen LogP contribution in [0.2, 0.25) is 0 Å². The van der Waals surface area contributed by atoms with Gasteiger partial charge in [0.1, 0.15) is 5.69 Å². The average Bonchev–Trinajstić information content (AvgIpc) is 2.96. The topological polar surface area (TPSA) is 58.9 Å². The minimum absolute atomic E-state index is 0.214. The first-order valence-corrected chi connectivity index (χ1v) is 7.56. The number of nitro benzene ring substituents is 1. The number of para-hydroxylation sites is 2. The molecule has 6 nitrogen and oxygen atoms in total. The second kappa shape index (κ2) is 6.41. The van der Waals surface area contributed by atoms with E-state index in [1.54, 1.807) is 12.1 Å². The van der Waals surface area contributed by atoms with E-state index in [4.69, 9.17) is 4.74 Å². The van der Waals surface area contributed by atoms with Crippen LogP contribution in [0.5, 0.6) is 0 Å². The summed E-state index contributed by atoms with van der Waals surface area (Å²) in [6.45, 7) is 5.37. The fourth-order valence-electron chi connectivity index (χ4n) is 3.29. The van der Waals surface area contributed by atoms with Crippen LogP contribution in [0.1, 0.15) is 12.8 Å². The molecule has 2 saturated heterocycles. The monoisotopic (exact) mass is 291 g/mol. The van der Waals surface area contributed by atoms with Crippen molar-refractivity contribution in [2.45, 2.75) is 18.9 Å². The first-order valence-electron chi connectivity index (χ1n) is 7.56. The van der Waals surface area contributed by atoms with Crippen LogP contribution >= 0.6 is 0 Å².